The fraction of sp³-hybridized carbons (Fsp3) is 0.727. The van der Waals surface area contributed by atoms with Gasteiger partial charge in [-0.25, -0.2) is 4.68 Å². The third kappa shape index (κ3) is 2.66. The predicted molar refractivity (Wildman–Crippen MR) is 68.9 cm³/mol. The van der Waals surface area contributed by atoms with Gasteiger partial charge in [-0.15, -0.1) is 0 Å². The molecule has 1 heterocycles. The van der Waals surface area contributed by atoms with Gasteiger partial charge in [0.15, 0.2) is 0 Å². The van der Waals surface area contributed by atoms with Crippen molar-refractivity contribution < 1.29 is 0 Å². The molecule has 0 aromatic carbocycles. The first kappa shape index (κ1) is 12.8. The minimum Gasteiger partial charge on any atom is -0.394 e. The highest BCUT2D eigenvalue weighted by molar-refractivity contribution is 5.65. The summed E-state index contributed by atoms with van der Waals surface area (Å²) in [7, 11) is 4.03. The Labute approximate surface area is 97.6 Å². The molecular formula is C11H23N5. The maximum absolute atomic E-state index is 6.04. The molecule has 0 aliphatic rings. The lowest BCUT2D eigenvalue weighted by molar-refractivity contribution is 0.630. The average Bonchev–Trinajstić information content (AvgIpc) is 2.55. The maximum atomic E-state index is 6.04. The van der Waals surface area contributed by atoms with Crippen molar-refractivity contribution in [3.63, 3.8) is 0 Å². The summed E-state index contributed by atoms with van der Waals surface area (Å²) in [6.07, 6.45) is 1.10. The number of hydrogen-bond donors (Lipinski definition) is 2. The number of nitrogens with zero attached hydrogens (tertiary/aromatic N) is 3. The number of nitrogens with one attached hydrogen (secondary N) is 1. The summed E-state index contributed by atoms with van der Waals surface area (Å²) < 4.78 is 1.96. The van der Waals surface area contributed by atoms with Crippen molar-refractivity contribution in [1.29, 1.82) is 0 Å². The molecule has 0 unspecified atom stereocenters. The third-order valence-electron chi connectivity index (χ3n) is 2.73. The van der Waals surface area contributed by atoms with E-state index in [1.54, 1.807) is 0 Å². The molecule has 0 saturated carbocycles. The molecule has 0 saturated heterocycles. The van der Waals surface area contributed by atoms with E-state index >= 15 is 0 Å². The molecule has 0 radical (unpaired) electrons. The Morgan fingerprint density at radius 2 is 2.19 bits per heavy atom. The minimum absolute atomic E-state index is 0.800. The van der Waals surface area contributed by atoms with Crippen molar-refractivity contribution in [3.8, 4) is 0 Å². The van der Waals surface area contributed by atoms with Gasteiger partial charge < -0.3 is 16.0 Å². The normalized spacial score (nSPS) is 10.8. The summed E-state index contributed by atoms with van der Waals surface area (Å²) in [4.78, 5) is 2.18. The molecule has 0 aliphatic carbocycles. The molecule has 16 heavy (non-hydrogen) atoms. The van der Waals surface area contributed by atoms with E-state index in [0.717, 1.165) is 43.3 Å². The second-order valence-electron chi connectivity index (χ2n) is 4.02. The number of hydrogen-bond acceptors (Lipinski definition) is 4. The fourth-order valence-corrected chi connectivity index (χ4v) is 1.81. The van der Waals surface area contributed by atoms with Crippen LogP contribution in [-0.2, 0) is 6.54 Å². The van der Waals surface area contributed by atoms with E-state index < -0.39 is 0 Å². The molecule has 3 N–H and O–H groups in total. The molecule has 0 fully saturated rings. The van der Waals surface area contributed by atoms with Gasteiger partial charge in [0.05, 0.1) is 11.4 Å². The van der Waals surface area contributed by atoms with E-state index in [1.165, 1.54) is 0 Å². The van der Waals surface area contributed by atoms with E-state index in [4.69, 9.17) is 5.73 Å². The number of nitrogens with two attached hydrogens (primary N) is 1. The van der Waals surface area contributed by atoms with Crippen LogP contribution in [0.3, 0.4) is 0 Å². The average molecular weight is 225 g/mol. The molecule has 1 aromatic heterocycles. The molecule has 92 valence electrons. The number of nitrogen functional groups attached to an aromatic ring is 1. The molecule has 0 bridgehead atoms. The summed E-state index contributed by atoms with van der Waals surface area (Å²) in [5, 5.41) is 7.55. The van der Waals surface area contributed by atoms with E-state index in [0.29, 0.717) is 0 Å². The Hall–Kier alpha value is -1.23. The van der Waals surface area contributed by atoms with Crippen LogP contribution >= 0.6 is 0 Å². The van der Waals surface area contributed by atoms with Crippen LogP contribution in [0.4, 0.5) is 11.5 Å². The van der Waals surface area contributed by atoms with Crippen LogP contribution < -0.4 is 16.0 Å². The quantitative estimate of drug-likeness (QED) is 0.704. The van der Waals surface area contributed by atoms with Crippen LogP contribution in [0.25, 0.3) is 0 Å². The Bertz CT molecular complexity index is 331. The number of aromatic nitrogens is 2. The predicted octanol–water partition coefficient (Wildman–Crippen LogP) is 0.839. The summed E-state index contributed by atoms with van der Waals surface area (Å²) in [5.41, 5.74) is 7.76. The van der Waals surface area contributed by atoms with E-state index in [2.05, 4.69) is 29.3 Å². The fourth-order valence-electron chi connectivity index (χ4n) is 1.81. The second kappa shape index (κ2) is 5.75. The molecule has 0 aliphatic heterocycles. The van der Waals surface area contributed by atoms with Gasteiger partial charge in [-0.05, 0) is 33.9 Å². The zero-order chi connectivity index (χ0) is 12.1. The first-order valence-electron chi connectivity index (χ1n) is 5.80. The van der Waals surface area contributed by atoms with Gasteiger partial charge in [0, 0.05) is 20.1 Å². The van der Waals surface area contributed by atoms with Crippen molar-refractivity contribution in [1.82, 2.24) is 15.1 Å². The van der Waals surface area contributed by atoms with Crippen LogP contribution in [0, 0.1) is 6.92 Å². The van der Waals surface area contributed by atoms with Crippen LogP contribution in [-0.4, -0.2) is 37.0 Å². The summed E-state index contributed by atoms with van der Waals surface area (Å²) in [6, 6.07) is 0. The molecule has 0 spiro atoms. The lowest BCUT2D eigenvalue weighted by Gasteiger charge is -2.20. The standard InChI is InChI=1S/C11H23N5/c1-5-16-11(10(12)9(2)14-16)15(4)8-6-7-13-3/h13H,5-8,12H2,1-4H3. The highest BCUT2D eigenvalue weighted by atomic mass is 15.4. The second-order valence-corrected chi connectivity index (χ2v) is 4.02. The van der Waals surface area contributed by atoms with Crippen molar-refractivity contribution in [2.45, 2.75) is 26.8 Å². The highest BCUT2D eigenvalue weighted by Crippen LogP contribution is 2.25. The largest absolute Gasteiger partial charge is 0.394 e. The van der Waals surface area contributed by atoms with Crippen LogP contribution in [0.15, 0.2) is 0 Å². The Balaban J connectivity index is 2.76. The summed E-state index contributed by atoms with van der Waals surface area (Å²) >= 11 is 0. The van der Waals surface area contributed by atoms with Gasteiger partial charge in [-0.1, -0.05) is 0 Å². The SMILES string of the molecule is CCn1nc(C)c(N)c1N(C)CCCNC. The molecule has 0 amide bonds. The number of rotatable bonds is 6. The van der Waals surface area contributed by atoms with Gasteiger partial charge in [-0.3, -0.25) is 0 Å². The van der Waals surface area contributed by atoms with Crippen LogP contribution in [0.5, 0.6) is 0 Å². The zero-order valence-corrected chi connectivity index (χ0v) is 10.7. The first-order valence-corrected chi connectivity index (χ1v) is 5.80. The topological polar surface area (TPSA) is 59.1 Å². The smallest absolute Gasteiger partial charge is 0.150 e. The summed E-state index contributed by atoms with van der Waals surface area (Å²) in [5.74, 6) is 1.04. The number of aryl methyl sites for hydroxylation is 2. The Morgan fingerprint density at radius 3 is 2.75 bits per heavy atom. The van der Waals surface area contributed by atoms with E-state index in [1.807, 2.05) is 18.7 Å². The molecule has 1 rings (SSSR count). The summed E-state index contributed by atoms with van der Waals surface area (Å²) in [6.45, 7) is 6.88. The molecule has 5 heteroatoms. The van der Waals surface area contributed by atoms with Gasteiger partial charge in [0.1, 0.15) is 5.82 Å². The first-order chi connectivity index (χ1) is 7.61. The lowest BCUT2D eigenvalue weighted by atomic mass is 10.3. The van der Waals surface area contributed by atoms with Gasteiger partial charge in [-0.2, -0.15) is 5.10 Å². The number of anilines is 2. The van der Waals surface area contributed by atoms with E-state index in [9.17, 15) is 0 Å². The van der Waals surface area contributed by atoms with Crippen molar-refractivity contribution >= 4 is 11.5 Å². The third-order valence-corrected chi connectivity index (χ3v) is 2.73. The highest BCUT2D eigenvalue weighted by Gasteiger charge is 2.14. The molecular weight excluding hydrogens is 202 g/mol. The molecule has 0 atom stereocenters. The van der Waals surface area contributed by atoms with Gasteiger partial charge in [0.25, 0.3) is 0 Å². The van der Waals surface area contributed by atoms with E-state index in [-0.39, 0.29) is 0 Å². The Morgan fingerprint density at radius 1 is 1.50 bits per heavy atom. The Kier molecular flexibility index (Phi) is 4.61. The molecule has 5 nitrogen and oxygen atoms in total. The maximum Gasteiger partial charge on any atom is 0.150 e. The molecule has 1 aromatic rings. The van der Waals surface area contributed by atoms with Crippen LogP contribution in [0.2, 0.25) is 0 Å². The van der Waals surface area contributed by atoms with Gasteiger partial charge in [0.2, 0.25) is 0 Å². The monoisotopic (exact) mass is 225 g/mol. The van der Waals surface area contributed by atoms with Gasteiger partial charge >= 0.3 is 0 Å². The van der Waals surface area contributed by atoms with Crippen LogP contribution in [0.1, 0.15) is 19.0 Å². The van der Waals surface area contributed by atoms with Crippen molar-refractivity contribution in [2.75, 3.05) is 37.8 Å². The van der Waals surface area contributed by atoms with Crippen molar-refractivity contribution in [3.05, 3.63) is 5.69 Å². The zero-order valence-electron chi connectivity index (χ0n) is 10.7. The van der Waals surface area contributed by atoms with Crippen molar-refractivity contribution in [2.24, 2.45) is 0 Å². The lowest BCUT2D eigenvalue weighted by Crippen LogP contribution is -2.25. The minimum atomic E-state index is 0.800.